The van der Waals surface area contributed by atoms with Gasteiger partial charge in [-0.3, -0.25) is 0 Å². The minimum atomic E-state index is -2.19. The Morgan fingerprint density at radius 3 is 0.955 bits per heavy atom. The molecule has 0 atom stereocenters. The van der Waals surface area contributed by atoms with E-state index in [9.17, 15) is 19.8 Å². The number of hydrogen-bond acceptors (Lipinski definition) is 8. The second-order valence-electron chi connectivity index (χ2n) is 2.70. The van der Waals surface area contributed by atoms with Crippen LogP contribution in [-0.2, 0) is 9.59 Å². The van der Waals surface area contributed by atoms with Gasteiger partial charge >= 0.3 is 0 Å². The molecule has 12 nitrogen and oxygen atoms in total. The van der Waals surface area contributed by atoms with E-state index in [0.717, 1.165) is 12.1 Å². The maximum absolute atomic E-state index is 10.3. The van der Waals surface area contributed by atoms with E-state index < -0.39 is 23.9 Å². The quantitative estimate of drug-likeness (QED) is 0.392. The predicted molar refractivity (Wildman–Crippen MR) is 69.1 cm³/mol. The summed E-state index contributed by atoms with van der Waals surface area (Å²) in [6.45, 7) is 0. The fourth-order valence-corrected chi connectivity index (χ4v) is 0.839. The Hall–Kier alpha value is -3.06. The minimum Gasteiger partial charge on any atom is -0.545 e. The average molecular weight is 324 g/mol. The Morgan fingerprint density at radius 1 is 0.591 bits per heavy atom. The van der Waals surface area contributed by atoms with Crippen LogP contribution in [0.5, 0.6) is 0 Å². The standard InChI is InChI=1S/C8H6O4.C2H2O4.4H3N/c9-7(10)5-3-1-2-4-6(5)8(11)12;3-1(4)2(5)6;;;;/h1-4H,(H,9,10)(H,11,12);(H,3,4)(H,5,6);4*1H3. The van der Waals surface area contributed by atoms with E-state index in [1.807, 2.05) is 0 Å². The molecule has 0 aliphatic carbocycles. The van der Waals surface area contributed by atoms with Crippen LogP contribution < -0.4 is 45.0 Å². The maximum Gasteiger partial charge on any atom is 0.0870 e. The van der Waals surface area contributed by atoms with Crippen molar-refractivity contribution >= 4 is 23.9 Å². The number of aliphatic carboxylic acids is 2. The Kier molecular flexibility index (Phi) is 20.5. The summed E-state index contributed by atoms with van der Waals surface area (Å²) in [6, 6.07) is 5.14. The van der Waals surface area contributed by atoms with Gasteiger partial charge in [0.1, 0.15) is 0 Å². The molecular formula is C10H20N4O8. The number of hydrogen-bond donors (Lipinski definition) is 4. The van der Waals surface area contributed by atoms with Gasteiger partial charge in [-0.2, -0.15) is 0 Å². The van der Waals surface area contributed by atoms with Gasteiger partial charge in [-0.05, 0) is 0 Å². The first-order valence-corrected chi connectivity index (χ1v) is 4.21. The van der Waals surface area contributed by atoms with Crippen LogP contribution >= 0.6 is 0 Å². The summed E-state index contributed by atoms with van der Waals surface area (Å²) in [6.07, 6.45) is 0. The highest BCUT2D eigenvalue weighted by Crippen LogP contribution is 2.05. The molecule has 0 spiro atoms. The van der Waals surface area contributed by atoms with Crippen molar-refractivity contribution in [2.24, 2.45) is 0 Å². The van der Waals surface area contributed by atoms with Crippen molar-refractivity contribution in [2.75, 3.05) is 0 Å². The van der Waals surface area contributed by atoms with Crippen LogP contribution in [0.4, 0.5) is 0 Å². The molecule has 0 unspecified atom stereocenters. The van der Waals surface area contributed by atoms with Gasteiger partial charge in [0.25, 0.3) is 0 Å². The number of rotatable bonds is 2. The Balaban J connectivity index is -0.0000000857. The number of carbonyl (C=O) groups excluding carboxylic acids is 4. The fraction of sp³-hybridized carbons (Fsp3) is 0. The summed E-state index contributed by atoms with van der Waals surface area (Å²) in [5.74, 6) is -7.41. The molecule has 0 saturated heterocycles. The van der Waals surface area contributed by atoms with E-state index in [0.29, 0.717) is 0 Å². The van der Waals surface area contributed by atoms with E-state index in [1.54, 1.807) is 0 Å². The maximum atomic E-state index is 10.3. The lowest BCUT2D eigenvalue weighted by Gasteiger charge is -2.09. The summed E-state index contributed by atoms with van der Waals surface area (Å²) in [4.78, 5) is 38.5. The SMILES string of the molecule is O=C([O-])C(=O)[O-].O=C([O-])c1ccccc1C(=O)[O-].[NH4+].[NH4+].[NH4+].[NH4+]. The first kappa shape index (κ1) is 31.4. The fourth-order valence-electron chi connectivity index (χ4n) is 0.839. The second-order valence-corrected chi connectivity index (χ2v) is 2.70. The van der Waals surface area contributed by atoms with Crippen LogP contribution in [0.3, 0.4) is 0 Å². The van der Waals surface area contributed by atoms with Crippen LogP contribution in [0, 0.1) is 0 Å². The molecule has 0 bridgehead atoms. The highest BCUT2D eigenvalue weighted by atomic mass is 16.4. The third kappa shape index (κ3) is 10.8. The lowest BCUT2D eigenvalue weighted by atomic mass is 10.1. The first-order valence-electron chi connectivity index (χ1n) is 4.21. The normalized spacial score (nSPS) is 7.09. The first-order chi connectivity index (χ1) is 8.27. The summed E-state index contributed by atoms with van der Waals surface area (Å²) in [7, 11) is 0. The van der Waals surface area contributed by atoms with Gasteiger partial charge in [-0.25, -0.2) is 0 Å². The summed E-state index contributed by atoms with van der Waals surface area (Å²) in [5, 5.41) is 38.5. The van der Waals surface area contributed by atoms with Crippen LogP contribution in [-0.4, -0.2) is 23.9 Å². The highest BCUT2D eigenvalue weighted by Gasteiger charge is 2.01. The summed E-state index contributed by atoms with van der Waals surface area (Å²) in [5.41, 5.74) is -0.727. The van der Waals surface area contributed by atoms with E-state index in [-0.39, 0.29) is 35.7 Å². The van der Waals surface area contributed by atoms with E-state index in [1.165, 1.54) is 12.1 Å². The molecule has 0 aliphatic rings. The Morgan fingerprint density at radius 2 is 0.818 bits per heavy atom. The zero-order chi connectivity index (χ0) is 14.3. The zero-order valence-corrected chi connectivity index (χ0v) is 12.6. The number of carboxylic acid groups (broad SMARTS) is 4. The van der Waals surface area contributed by atoms with E-state index >= 15 is 0 Å². The average Bonchev–Trinajstić information content (AvgIpc) is 2.29. The topological polar surface area (TPSA) is 307 Å². The van der Waals surface area contributed by atoms with Crippen molar-refractivity contribution < 1.29 is 39.6 Å². The third-order valence-electron chi connectivity index (χ3n) is 1.53. The number of carbonyl (C=O) groups is 4. The zero-order valence-electron chi connectivity index (χ0n) is 12.6. The van der Waals surface area contributed by atoms with Gasteiger partial charge in [0.05, 0.1) is 23.9 Å². The molecule has 1 aromatic carbocycles. The molecule has 12 heteroatoms. The van der Waals surface area contributed by atoms with Crippen LogP contribution in [0.2, 0.25) is 0 Å². The number of quaternary nitrogens is 4. The Bertz CT molecular complexity index is 460. The lowest BCUT2D eigenvalue weighted by molar-refractivity contribution is -0.345. The number of aromatic carboxylic acids is 2. The molecule has 0 heterocycles. The molecule has 0 amide bonds. The van der Waals surface area contributed by atoms with Gasteiger partial charge < -0.3 is 64.2 Å². The van der Waals surface area contributed by atoms with E-state index in [4.69, 9.17) is 19.8 Å². The van der Waals surface area contributed by atoms with Crippen molar-refractivity contribution in [3.05, 3.63) is 35.4 Å². The van der Waals surface area contributed by atoms with Crippen LogP contribution in [0.25, 0.3) is 0 Å². The molecule has 128 valence electrons. The predicted octanol–water partition coefficient (Wildman–Crippen LogP) is -3.60. The van der Waals surface area contributed by atoms with Crippen molar-refractivity contribution in [1.29, 1.82) is 0 Å². The largest absolute Gasteiger partial charge is 0.545 e. The van der Waals surface area contributed by atoms with Crippen molar-refractivity contribution in [2.45, 2.75) is 0 Å². The van der Waals surface area contributed by atoms with Gasteiger partial charge in [0.15, 0.2) is 0 Å². The number of carboxylic acids is 4. The van der Waals surface area contributed by atoms with Gasteiger partial charge in [-0.1, -0.05) is 24.3 Å². The molecule has 16 N–H and O–H groups in total. The molecule has 0 radical (unpaired) electrons. The molecule has 1 aromatic rings. The Labute approximate surface area is 124 Å². The van der Waals surface area contributed by atoms with Crippen LogP contribution in [0.1, 0.15) is 20.7 Å². The van der Waals surface area contributed by atoms with Crippen molar-refractivity contribution in [3.8, 4) is 0 Å². The van der Waals surface area contributed by atoms with Crippen molar-refractivity contribution in [3.63, 3.8) is 0 Å². The molecule has 1 rings (SSSR count). The molecule has 22 heavy (non-hydrogen) atoms. The van der Waals surface area contributed by atoms with E-state index in [2.05, 4.69) is 0 Å². The number of benzene rings is 1. The highest BCUT2D eigenvalue weighted by molar-refractivity contribution is 6.25. The monoisotopic (exact) mass is 324 g/mol. The molecule has 0 saturated carbocycles. The smallest absolute Gasteiger partial charge is 0.0870 e. The van der Waals surface area contributed by atoms with Crippen LogP contribution in [0.15, 0.2) is 24.3 Å². The molecular weight excluding hydrogens is 304 g/mol. The summed E-state index contributed by atoms with van der Waals surface area (Å²) >= 11 is 0. The van der Waals surface area contributed by atoms with Gasteiger partial charge in [0.2, 0.25) is 0 Å². The molecule has 0 fully saturated rings. The third-order valence-corrected chi connectivity index (χ3v) is 1.53. The van der Waals surface area contributed by atoms with Gasteiger partial charge in [0, 0.05) is 11.1 Å². The molecule has 0 aromatic heterocycles. The molecule has 0 aliphatic heterocycles. The van der Waals surface area contributed by atoms with Crippen molar-refractivity contribution in [1.82, 2.24) is 24.6 Å². The second kappa shape index (κ2) is 14.4. The minimum absolute atomic E-state index is 0. The lowest BCUT2D eigenvalue weighted by Crippen LogP contribution is -2.42. The summed E-state index contributed by atoms with van der Waals surface area (Å²) < 4.78 is 0. The van der Waals surface area contributed by atoms with Gasteiger partial charge in [-0.15, -0.1) is 0 Å².